The molecule has 7 heteroatoms. The molecule has 0 spiro atoms. The third-order valence-corrected chi connectivity index (χ3v) is 3.24. The van der Waals surface area contributed by atoms with Gasteiger partial charge in [-0.1, -0.05) is 42.5 Å². The average molecular weight is 315 g/mol. The van der Waals surface area contributed by atoms with Gasteiger partial charge in [0.2, 0.25) is 0 Å². The molecule has 4 N–H and O–H groups in total. The lowest BCUT2D eigenvalue weighted by atomic mass is 10.1. The van der Waals surface area contributed by atoms with Crippen molar-refractivity contribution in [2.75, 3.05) is 18.0 Å². The Morgan fingerprint density at radius 1 is 0.783 bits per heavy atom. The zero-order chi connectivity index (χ0) is 16.7. The average Bonchev–Trinajstić information content (AvgIpc) is 2.61. The number of nitrogens with two attached hydrogens (primary N) is 2. The van der Waals surface area contributed by atoms with Crippen LogP contribution in [-0.2, 0) is 19.3 Å². The van der Waals surface area contributed by atoms with Gasteiger partial charge in [0.15, 0.2) is 0 Å². The van der Waals surface area contributed by atoms with Crippen molar-refractivity contribution in [2.45, 2.75) is 0 Å². The van der Waals surface area contributed by atoms with Crippen molar-refractivity contribution in [1.82, 2.24) is 0 Å². The van der Waals surface area contributed by atoms with Crippen LogP contribution in [0.1, 0.15) is 0 Å². The smallest absolute Gasteiger partial charge is 0.343 e. The normalized spacial score (nSPS) is 10.0. The van der Waals surface area contributed by atoms with Gasteiger partial charge in [-0.2, -0.15) is 11.8 Å². The lowest BCUT2D eigenvalue weighted by Gasteiger charge is -2.22. The van der Waals surface area contributed by atoms with Gasteiger partial charge in [-0.25, -0.2) is 9.59 Å². The molecule has 0 fully saturated rings. The monoisotopic (exact) mass is 315 g/mol. The highest BCUT2D eigenvalue weighted by molar-refractivity contribution is 5.81. The molecule has 2 rings (SSSR count). The largest absolute Gasteiger partial charge is 0.372 e. The Balaban J connectivity index is 2.21. The number of carbonyl (C=O) groups excluding carboxylic acids is 2. The van der Waals surface area contributed by atoms with E-state index in [2.05, 4.69) is 9.68 Å². The molecule has 23 heavy (non-hydrogen) atoms. The van der Waals surface area contributed by atoms with Crippen molar-refractivity contribution in [3.8, 4) is 11.1 Å². The summed E-state index contributed by atoms with van der Waals surface area (Å²) in [4.78, 5) is 32.5. The Morgan fingerprint density at radius 3 is 1.74 bits per heavy atom. The van der Waals surface area contributed by atoms with Gasteiger partial charge in [0.25, 0.3) is 0 Å². The number of benzene rings is 2. The summed E-state index contributed by atoms with van der Waals surface area (Å²) in [7, 11) is 0. The summed E-state index contributed by atoms with van der Waals surface area (Å²) >= 11 is 0. The maximum atomic E-state index is 11.4. The molecule has 0 amide bonds. The maximum absolute atomic E-state index is 11.4. The van der Waals surface area contributed by atoms with Crippen LogP contribution in [0.3, 0.4) is 0 Å². The second-order valence-electron chi connectivity index (χ2n) is 4.75. The van der Waals surface area contributed by atoms with Gasteiger partial charge in [-0.3, -0.25) is 0 Å². The molecule has 0 bridgehead atoms. The maximum Gasteiger partial charge on any atom is 0.343 e. The summed E-state index contributed by atoms with van der Waals surface area (Å²) in [5.41, 5.74) is 2.71. The fourth-order valence-electron chi connectivity index (χ4n) is 2.12. The Kier molecular flexibility index (Phi) is 5.67. The number of nitrogens with zero attached hydrogens (tertiary/aromatic N) is 1. The second kappa shape index (κ2) is 7.92. The van der Waals surface area contributed by atoms with E-state index in [4.69, 9.17) is 11.8 Å². The second-order valence-corrected chi connectivity index (χ2v) is 4.75. The van der Waals surface area contributed by atoms with Gasteiger partial charge in [-0.05, 0) is 23.3 Å². The van der Waals surface area contributed by atoms with E-state index in [1.807, 2.05) is 42.5 Å². The molecule has 0 radical (unpaired) electrons. The fourth-order valence-corrected chi connectivity index (χ4v) is 2.12. The Morgan fingerprint density at radius 2 is 1.26 bits per heavy atom. The minimum Gasteiger partial charge on any atom is -0.372 e. The zero-order valence-electron chi connectivity index (χ0n) is 12.3. The van der Waals surface area contributed by atoms with E-state index < -0.39 is 11.9 Å². The van der Waals surface area contributed by atoms with Crippen molar-refractivity contribution in [3.05, 3.63) is 54.6 Å². The molecule has 120 valence electrons. The van der Waals surface area contributed by atoms with Crippen LogP contribution in [0, 0.1) is 0 Å². The number of hydrogen-bond acceptors (Lipinski definition) is 7. The molecular formula is C16H17N3O4. The predicted octanol–water partition coefficient (Wildman–Crippen LogP) is 0.994. The van der Waals surface area contributed by atoms with Crippen LogP contribution >= 0.6 is 0 Å². The lowest BCUT2D eigenvalue weighted by molar-refractivity contribution is -0.143. The first-order valence-corrected chi connectivity index (χ1v) is 6.83. The fraction of sp³-hybridized carbons (Fsp3) is 0.125. The first kappa shape index (κ1) is 16.5. The molecule has 2 aromatic carbocycles. The van der Waals surface area contributed by atoms with E-state index >= 15 is 0 Å². The quantitative estimate of drug-likeness (QED) is 0.765. The highest BCUT2D eigenvalue weighted by Gasteiger charge is 2.16. The van der Waals surface area contributed by atoms with E-state index in [1.165, 1.54) is 4.90 Å². The van der Waals surface area contributed by atoms with Crippen LogP contribution in [0.2, 0.25) is 0 Å². The summed E-state index contributed by atoms with van der Waals surface area (Å²) in [6.45, 7) is -0.396. The van der Waals surface area contributed by atoms with Crippen molar-refractivity contribution in [1.29, 1.82) is 0 Å². The van der Waals surface area contributed by atoms with Gasteiger partial charge >= 0.3 is 11.9 Å². The summed E-state index contributed by atoms with van der Waals surface area (Å²) in [6, 6.07) is 17.2. The molecule has 0 aliphatic carbocycles. The molecule has 0 heterocycles. The molecule has 0 unspecified atom stereocenters. The number of anilines is 1. The summed E-state index contributed by atoms with van der Waals surface area (Å²) in [5.74, 6) is 8.33. The number of hydrogen-bond donors (Lipinski definition) is 2. The standard InChI is InChI=1S/C16H17N3O4/c17-22-15(20)10-19(11-16(21)23-18)14-8-6-13(7-9-14)12-4-2-1-3-5-12/h1-9H,10-11,17-18H2. The van der Waals surface area contributed by atoms with Crippen LogP contribution in [0.15, 0.2) is 54.6 Å². The summed E-state index contributed by atoms with van der Waals surface area (Å²) < 4.78 is 0. The Labute approximate surface area is 133 Å². The SMILES string of the molecule is NOC(=O)CN(CC(=O)ON)c1ccc(-c2ccccc2)cc1. The highest BCUT2D eigenvalue weighted by atomic mass is 16.7. The van der Waals surface area contributed by atoms with Crippen molar-refractivity contribution in [2.24, 2.45) is 11.8 Å². The minimum atomic E-state index is -0.679. The van der Waals surface area contributed by atoms with Crippen LogP contribution in [0.25, 0.3) is 11.1 Å². The molecule has 2 aromatic rings. The van der Waals surface area contributed by atoms with Crippen molar-refractivity contribution < 1.29 is 19.3 Å². The number of carbonyl (C=O) groups is 2. The molecule has 0 aliphatic heterocycles. The van der Waals surface area contributed by atoms with E-state index in [9.17, 15) is 9.59 Å². The molecule has 0 aromatic heterocycles. The van der Waals surface area contributed by atoms with Gasteiger partial charge in [0.1, 0.15) is 13.1 Å². The third-order valence-electron chi connectivity index (χ3n) is 3.24. The summed E-state index contributed by atoms with van der Waals surface area (Å²) in [6.07, 6.45) is 0. The predicted molar refractivity (Wildman–Crippen MR) is 84.6 cm³/mol. The third kappa shape index (κ3) is 4.53. The van der Waals surface area contributed by atoms with E-state index in [0.717, 1.165) is 11.1 Å². The highest BCUT2D eigenvalue weighted by Crippen LogP contribution is 2.23. The Hall–Kier alpha value is -2.90. The summed E-state index contributed by atoms with van der Waals surface area (Å²) in [5, 5.41) is 0. The van der Waals surface area contributed by atoms with E-state index in [1.54, 1.807) is 12.1 Å². The zero-order valence-corrected chi connectivity index (χ0v) is 12.3. The van der Waals surface area contributed by atoms with Crippen molar-refractivity contribution in [3.63, 3.8) is 0 Å². The van der Waals surface area contributed by atoms with E-state index in [0.29, 0.717) is 5.69 Å². The molecular weight excluding hydrogens is 298 g/mol. The van der Waals surface area contributed by atoms with Crippen LogP contribution in [0.5, 0.6) is 0 Å². The Bertz CT molecular complexity index is 641. The van der Waals surface area contributed by atoms with Crippen LogP contribution < -0.4 is 16.7 Å². The minimum absolute atomic E-state index is 0.198. The van der Waals surface area contributed by atoms with Gasteiger partial charge in [0.05, 0.1) is 0 Å². The molecule has 0 saturated carbocycles. The van der Waals surface area contributed by atoms with E-state index in [-0.39, 0.29) is 13.1 Å². The van der Waals surface area contributed by atoms with Crippen LogP contribution in [-0.4, -0.2) is 25.0 Å². The number of rotatable bonds is 6. The van der Waals surface area contributed by atoms with Gasteiger partial charge in [-0.15, -0.1) is 0 Å². The lowest BCUT2D eigenvalue weighted by Crippen LogP contribution is -2.37. The first-order chi connectivity index (χ1) is 11.1. The topological polar surface area (TPSA) is 108 Å². The molecule has 7 nitrogen and oxygen atoms in total. The molecule has 0 saturated heterocycles. The first-order valence-electron chi connectivity index (χ1n) is 6.83. The van der Waals surface area contributed by atoms with Gasteiger partial charge < -0.3 is 14.6 Å². The van der Waals surface area contributed by atoms with Gasteiger partial charge in [0, 0.05) is 5.69 Å². The van der Waals surface area contributed by atoms with Crippen molar-refractivity contribution >= 4 is 17.6 Å². The molecule has 0 atom stereocenters. The van der Waals surface area contributed by atoms with Crippen LogP contribution in [0.4, 0.5) is 5.69 Å². The molecule has 0 aliphatic rings.